The van der Waals surface area contributed by atoms with E-state index >= 15 is 0 Å². The highest BCUT2D eigenvalue weighted by Gasteiger charge is 2.32. The summed E-state index contributed by atoms with van der Waals surface area (Å²) in [5.41, 5.74) is 1.67. The molecule has 1 aliphatic carbocycles. The molecule has 1 saturated carbocycles. The van der Waals surface area contributed by atoms with Crippen molar-refractivity contribution in [2.75, 3.05) is 18.5 Å². The minimum Gasteiger partial charge on any atom is -0.396 e. The smallest absolute Gasteiger partial charge is 0.100 e. The van der Waals surface area contributed by atoms with Gasteiger partial charge in [-0.25, -0.2) is 0 Å². The Morgan fingerprint density at radius 3 is 2.67 bits per heavy atom. The minimum absolute atomic E-state index is 0.0420. The van der Waals surface area contributed by atoms with Gasteiger partial charge in [0.25, 0.3) is 0 Å². The molecule has 1 fully saturated rings. The summed E-state index contributed by atoms with van der Waals surface area (Å²) >= 11 is 3.38. The molecule has 0 atom stereocenters. The van der Waals surface area contributed by atoms with Gasteiger partial charge in [-0.2, -0.15) is 5.26 Å². The monoisotopic (exact) mass is 308 g/mol. The van der Waals surface area contributed by atoms with Crippen molar-refractivity contribution in [2.24, 2.45) is 5.41 Å². The molecule has 1 aromatic rings. The Hall–Kier alpha value is -1.05. The molecule has 4 heteroatoms. The largest absolute Gasteiger partial charge is 0.396 e. The molecular weight excluding hydrogens is 292 g/mol. The number of nitrogens with one attached hydrogen (secondary N) is 1. The molecule has 2 N–H and O–H groups in total. The summed E-state index contributed by atoms with van der Waals surface area (Å²) in [6, 6.07) is 7.74. The molecule has 0 radical (unpaired) electrons. The van der Waals surface area contributed by atoms with Crippen LogP contribution in [-0.2, 0) is 0 Å². The van der Waals surface area contributed by atoms with Crippen LogP contribution in [0.1, 0.15) is 31.2 Å². The third-order valence-electron chi connectivity index (χ3n) is 3.76. The molecule has 1 aliphatic rings. The van der Waals surface area contributed by atoms with E-state index in [1.54, 1.807) is 6.07 Å². The summed E-state index contributed by atoms with van der Waals surface area (Å²) in [4.78, 5) is 0. The Labute approximate surface area is 116 Å². The van der Waals surface area contributed by atoms with Crippen LogP contribution in [0.3, 0.4) is 0 Å². The molecular formula is C14H17BrN2O. The van der Waals surface area contributed by atoms with Crippen LogP contribution in [0.15, 0.2) is 22.7 Å². The van der Waals surface area contributed by atoms with E-state index in [2.05, 4.69) is 27.3 Å². The number of benzene rings is 1. The summed E-state index contributed by atoms with van der Waals surface area (Å²) in [5.74, 6) is 0. The molecule has 0 amide bonds. The maximum atomic E-state index is 9.54. The van der Waals surface area contributed by atoms with Gasteiger partial charge in [0.1, 0.15) is 6.07 Å². The number of hydrogen-bond donors (Lipinski definition) is 2. The minimum atomic E-state index is 0.0420. The highest BCUT2D eigenvalue weighted by molar-refractivity contribution is 9.10. The first kappa shape index (κ1) is 13.4. The van der Waals surface area contributed by atoms with Crippen LogP contribution < -0.4 is 5.32 Å². The fourth-order valence-electron chi connectivity index (χ4n) is 2.52. The number of aliphatic hydroxyl groups excluding tert-OH is 1. The first-order valence-corrected chi connectivity index (χ1v) is 7.03. The van der Waals surface area contributed by atoms with Gasteiger partial charge in [-0.05, 0) is 47.0 Å². The first-order chi connectivity index (χ1) is 8.69. The van der Waals surface area contributed by atoms with Crippen molar-refractivity contribution in [3.8, 4) is 6.07 Å². The Morgan fingerprint density at radius 2 is 2.11 bits per heavy atom. The zero-order chi connectivity index (χ0) is 13.0. The van der Waals surface area contributed by atoms with Gasteiger partial charge in [0.2, 0.25) is 0 Å². The first-order valence-electron chi connectivity index (χ1n) is 6.23. The Kier molecular flexibility index (Phi) is 4.26. The van der Waals surface area contributed by atoms with Crippen molar-refractivity contribution >= 4 is 21.6 Å². The Bertz CT molecular complexity index is 461. The quantitative estimate of drug-likeness (QED) is 0.897. The summed E-state index contributed by atoms with van der Waals surface area (Å²) in [5, 5.41) is 21.8. The van der Waals surface area contributed by atoms with E-state index in [1.807, 2.05) is 12.1 Å². The Morgan fingerprint density at radius 1 is 1.39 bits per heavy atom. The van der Waals surface area contributed by atoms with Crippen LogP contribution in [0, 0.1) is 16.7 Å². The van der Waals surface area contributed by atoms with Crippen LogP contribution in [0.5, 0.6) is 0 Å². The van der Waals surface area contributed by atoms with Gasteiger partial charge < -0.3 is 10.4 Å². The molecule has 0 aromatic heterocycles. The van der Waals surface area contributed by atoms with Crippen molar-refractivity contribution in [3.05, 3.63) is 28.2 Å². The number of halogens is 1. The summed E-state index contributed by atoms with van der Waals surface area (Å²) in [6.45, 7) is 1.04. The summed E-state index contributed by atoms with van der Waals surface area (Å²) < 4.78 is 0.805. The SMILES string of the molecule is N#Cc1ccc(NCC2(CO)CCCC2)cc1Br. The van der Waals surface area contributed by atoms with E-state index in [0.717, 1.165) is 29.5 Å². The molecule has 0 unspecified atom stereocenters. The topological polar surface area (TPSA) is 56.0 Å². The van der Waals surface area contributed by atoms with E-state index in [1.165, 1.54) is 12.8 Å². The molecule has 0 heterocycles. The van der Waals surface area contributed by atoms with E-state index in [4.69, 9.17) is 5.26 Å². The lowest BCUT2D eigenvalue weighted by Gasteiger charge is -2.27. The average molecular weight is 309 g/mol. The molecule has 18 heavy (non-hydrogen) atoms. The van der Waals surface area contributed by atoms with Gasteiger partial charge in [0.15, 0.2) is 0 Å². The van der Waals surface area contributed by atoms with Crippen molar-refractivity contribution in [2.45, 2.75) is 25.7 Å². The predicted octanol–water partition coefficient (Wildman–Crippen LogP) is 3.29. The lowest BCUT2D eigenvalue weighted by Crippen LogP contribution is -2.30. The van der Waals surface area contributed by atoms with Crippen LogP contribution in [0.2, 0.25) is 0 Å². The van der Waals surface area contributed by atoms with Gasteiger partial charge in [-0.3, -0.25) is 0 Å². The number of nitrogens with zero attached hydrogens (tertiary/aromatic N) is 1. The molecule has 3 nitrogen and oxygen atoms in total. The maximum absolute atomic E-state index is 9.54. The van der Waals surface area contributed by atoms with E-state index in [0.29, 0.717) is 5.56 Å². The zero-order valence-corrected chi connectivity index (χ0v) is 11.8. The number of aliphatic hydroxyl groups is 1. The number of nitriles is 1. The van der Waals surface area contributed by atoms with Gasteiger partial charge in [-0.15, -0.1) is 0 Å². The average Bonchev–Trinajstić information content (AvgIpc) is 2.86. The van der Waals surface area contributed by atoms with E-state index in [9.17, 15) is 5.11 Å². The highest BCUT2D eigenvalue weighted by atomic mass is 79.9. The molecule has 0 bridgehead atoms. The molecule has 0 aliphatic heterocycles. The Balaban J connectivity index is 2.02. The fraction of sp³-hybridized carbons (Fsp3) is 0.500. The zero-order valence-electron chi connectivity index (χ0n) is 10.2. The number of hydrogen-bond acceptors (Lipinski definition) is 3. The van der Waals surface area contributed by atoms with Crippen molar-refractivity contribution in [3.63, 3.8) is 0 Å². The van der Waals surface area contributed by atoms with E-state index in [-0.39, 0.29) is 12.0 Å². The second-order valence-corrected chi connectivity index (χ2v) is 5.88. The van der Waals surface area contributed by atoms with Gasteiger partial charge in [0.05, 0.1) is 12.2 Å². The summed E-state index contributed by atoms with van der Waals surface area (Å²) in [7, 11) is 0. The van der Waals surface area contributed by atoms with Crippen LogP contribution in [-0.4, -0.2) is 18.3 Å². The molecule has 2 rings (SSSR count). The fourth-order valence-corrected chi connectivity index (χ4v) is 2.99. The van der Waals surface area contributed by atoms with Gasteiger partial charge in [0, 0.05) is 22.1 Å². The molecule has 0 saturated heterocycles. The molecule has 1 aromatic carbocycles. The number of rotatable bonds is 4. The van der Waals surface area contributed by atoms with Crippen LogP contribution >= 0.6 is 15.9 Å². The highest BCUT2D eigenvalue weighted by Crippen LogP contribution is 2.37. The normalized spacial score (nSPS) is 17.4. The van der Waals surface area contributed by atoms with Gasteiger partial charge in [-0.1, -0.05) is 12.8 Å². The third-order valence-corrected chi connectivity index (χ3v) is 4.41. The standard InChI is InChI=1S/C14H17BrN2O/c15-13-7-12(4-3-11(13)8-16)17-9-14(10-18)5-1-2-6-14/h3-4,7,17-18H,1-2,5-6,9-10H2. The second-order valence-electron chi connectivity index (χ2n) is 5.03. The van der Waals surface area contributed by atoms with E-state index < -0.39 is 0 Å². The predicted molar refractivity (Wildman–Crippen MR) is 75.3 cm³/mol. The molecule has 0 spiro atoms. The lowest BCUT2D eigenvalue weighted by molar-refractivity contribution is 0.142. The van der Waals surface area contributed by atoms with Crippen molar-refractivity contribution < 1.29 is 5.11 Å². The summed E-state index contributed by atoms with van der Waals surface area (Å²) in [6.07, 6.45) is 4.60. The van der Waals surface area contributed by atoms with Crippen LogP contribution in [0.4, 0.5) is 5.69 Å². The van der Waals surface area contributed by atoms with Gasteiger partial charge >= 0.3 is 0 Å². The van der Waals surface area contributed by atoms with Crippen molar-refractivity contribution in [1.82, 2.24) is 0 Å². The molecule has 96 valence electrons. The third kappa shape index (κ3) is 2.85. The number of anilines is 1. The van der Waals surface area contributed by atoms with Crippen LogP contribution in [0.25, 0.3) is 0 Å². The lowest BCUT2D eigenvalue weighted by atomic mass is 9.87. The van der Waals surface area contributed by atoms with Crippen molar-refractivity contribution in [1.29, 1.82) is 5.26 Å². The maximum Gasteiger partial charge on any atom is 0.100 e. The second kappa shape index (κ2) is 5.73.